The number of amides is 1. The highest BCUT2D eigenvalue weighted by Gasteiger charge is 2.34. The van der Waals surface area contributed by atoms with Gasteiger partial charge in [-0.15, -0.1) is 11.3 Å². The number of rotatable bonds is 2. The minimum atomic E-state index is 0.101. The molecular weight excluding hydrogens is 296 g/mol. The molecule has 5 nitrogen and oxygen atoms in total. The van der Waals surface area contributed by atoms with E-state index < -0.39 is 0 Å². The van der Waals surface area contributed by atoms with Gasteiger partial charge in [-0.05, 0) is 26.0 Å². The minimum absolute atomic E-state index is 0.101. The first kappa shape index (κ1) is 13.5. The summed E-state index contributed by atoms with van der Waals surface area (Å²) in [5.74, 6) is 0.101. The van der Waals surface area contributed by atoms with E-state index in [2.05, 4.69) is 20.6 Å². The summed E-state index contributed by atoms with van der Waals surface area (Å²) in [7, 11) is 0. The molecule has 0 radical (unpaired) electrons. The summed E-state index contributed by atoms with van der Waals surface area (Å²) < 4.78 is 2.17. The molecule has 1 amide bonds. The summed E-state index contributed by atoms with van der Waals surface area (Å²) in [6.07, 6.45) is 1.87. The lowest BCUT2D eigenvalue weighted by Crippen LogP contribution is -2.50. The summed E-state index contributed by atoms with van der Waals surface area (Å²) in [4.78, 5) is 23.9. The van der Waals surface area contributed by atoms with Crippen LogP contribution in [0.5, 0.6) is 0 Å². The molecule has 3 aromatic rings. The van der Waals surface area contributed by atoms with Crippen LogP contribution in [0.25, 0.3) is 11.0 Å². The second-order valence-corrected chi connectivity index (χ2v) is 6.86. The Hall–Kier alpha value is -2.21. The average Bonchev–Trinajstić information content (AvgIpc) is 3.01. The van der Waals surface area contributed by atoms with Crippen LogP contribution in [0.15, 0.2) is 30.6 Å². The van der Waals surface area contributed by atoms with E-state index >= 15 is 0 Å². The van der Waals surface area contributed by atoms with Crippen LogP contribution in [0.2, 0.25) is 0 Å². The minimum Gasteiger partial charge on any atom is -0.334 e. The molecule has 112 valence electrons. The lowest BCUT2D eigenvalue weighted by atomic mass is 10.1. The molecule has 0 bridgehead atoms. The molecule has 4 rings (SSSR count). The molecular formula is C16H16N4OS. The lowest BCUT2D eigenvalue weighted by Gasteiger charge is -2.39. The number of nitrogens with zero attached hydrogens (tertiary/aromatic N) is 4. The van der Waals surface area contributed by atoms with Crippen molar-refractivity contribution in [1.82, 2.24) is 19.4 Å². The first-order chi connectivity index (χ1) is 10.6. The Kier molecular flexibility index (Phi) is 3.00. The highest BCUT2D eigenvalue weighted by molar-refractivity contribution is 7.13. The Morgan fingerprint density at radius 3 is 2.77 bits per heavy atom. The molecule has 0 spiro atoms. The molecule has 22 heavy (non-hydrogen) atoms. The smallest absolute Gasteiger partial charge is 0.266 e. The van der Waals surface area contributed by atoms with Crippen LogP contribution >= 0.6 is 11.3 Å². The third-order valence-corrected chi connectivity index (χ3v) is 5.18. The maximum absolute atomic E-state index is 12.5. The van der Waals surface area contributed by atoms with Gasteiger partial charge in [0.2, 0.25) is 0 Å². The predicted octanol–water partition coefficient (Wildman–Crippen LogP) is 2.81. The number of thiazole rings is 1. The van der Waals surface area contributed by atoms with Gasteiger partial charge in [-0.1, -0.05) is 12.1 Å². The second kappa shape index (κ2) is 4.91. The molecule has 0 aliphatic carbocycles. The number of aryl methyl sites for hydroxylation is 2. The fourth-order valence-corrected chi connectivity index (χ4v) is 3.83. The number of hydrogen-bond donors (Lipinski definition) is 0. The Balaban J connectivity index is 1.52. The molecule has 1 aliphatic rings. The highest BCUT2D eigenvalue weighted by atomic mass is 32.1. The van der Waals surface area contributed by atoms with Crippen LogP contribution in [-0.2, 0) is 0 Å². The Morgan fingerprint density at radius 1 is 1.27 bits per heavy atom. The van der Waals surface area contributed by atoms with E-state index in [1.54, 1.807) is 0 Å². The average molecular weight is 312 g/mol. The van der Waals surface area contributed by atoms with E-state index in [0.717, 1.165) is 39.7 Å². The topological polar surface area (TPSA) is 51.0 Å². The number of likely N-dealkylation sites (tertiary alicyclic amines) is 1. The standard InChI is InChI=1S/C16H16N4OS/c1-10-15(22-11(2)18-10)16(21)19-7-12(8-19)20-9-17-13-5-3-4-6-14(13)20/h3-6,9,12H,7-8H2,1-2H3. The molecule has 1 aliphatic heterocycles. The SMILES string of the molecule is Cc1nc(C)c(C(=O)N2CC(n3cnc4ccccc43)C2)s1. The molecule has 0 N–H and O–H groups in total. The van der Waals surface area contributed by atoms with E-state index in [1.165, 1.54) is 11.3 Å². The number of imidazole rings is 1. The van der Waals surface area contributed by atoms with Crippen molar-refractivity contribution in [1.29, 1.82) is 0 Å². The zero-order valence-electron chi connectivity index (χ0n) is 12.5. The van der Waals surface area contributed by atoms with Gasteiger partial charge in [0.15, 0.2) is 0 Å². The number of fused-ring (bicyclic) bond motifs is 1. The summed E-state index contributed by atoms with van der Waals surface area (Å²) in [5, 5.41) is 0.943. The molecule has 0 atom stereocenters. The second-order valence-electron chi connectivity index (χ2n) is 5.65. The van der Waals surface area contributed by atoms with Crippen molar-refractivity contribution < 1.29 is 4.79 Å². The van der Waals surface area contributed by atoms with Crippen molar-refractivity contribution in [2.75, 3.05) is 13.1 Å². The maximum Gasteiger partial charge on any atom is 0.266 e. The van der Waals surface area contributed by atoms with E-state index in [4.69, 9.17) is 0 Å². The highest BCUT2D eigenvalue weighted by Crippen LogP contribution is 2.29. The summed E-state index contributed by atoms with van der Waals surface area (Å²) in [6, 6.07) is 8.41. The van der Waals surface area contributed by atoms with Crippen LogP contribution < -0.4 is 0 Å². The van der Waals surface area contributed by atoms with Gasteiger partial charge in [-0.25, -0.2) is 9.97 Å². The molecule has 1 fully saturated rings. The molecule has 2 aromatic heterocycles. The van der Waals surface area contributed by atoms with Crippen molar-refractivity contribution in [3.63, 3.8) is 0 Å². The molecule has 1 aromatic carbocycles. The van der Waals surface area contributed by atoms with Crippen LogP contribution in [0, 0.1) is 13.8 Å². The number of carbonyl (C=O) groups is 1. The third-order valence-electron chi connectivity index (χ3n) is 4.12. The van der Waals surface area contributed by atoms with Gasteiger partial charge in [0, 0.05) is 13.1 Å². The first-order valence-electron chi connectivity index (χ1n) is 7.28. The first-order valence-corrected chi connectivity index (χ1v) is 8.10. The van der Waals surface area contributed by atoms with Crippen LogP contribution in [-0.4, -0.2) is 38.4 Å². The predicted molar refractivity (Wildman–Crippen MR) is 86.3 cm³/mol. The van der Waals surface area contributed by atoms with Crippen molar-refractivity contribution in [2.24, 2.45) is 0 Å². The van der Waals surface area contributed by atoms with Gasteiger partial charge >= 0.3 is 0 Å². The van der Waals surface area contributed by atoms with Crippen LogP contribution in [0.4, 0.5) is 0 Å². The van der Waals surface area contributed by atoms with E-state index in [-0.39, 0.29) is 5.91 Å². The lowest BCUT2D eigenvalue weighted by molar-refractivity contribution is 0.0530. The van der Waals surface area contributed by atoms with Crippen molar-refractivity contribution in [2.45, 2.75) is 19.9 Å². The Bertz CT molecular complexity index is 860. The van der Waals surface area contributed by atoms with E-state index in [9.17, 15) is 4.79 Å². The van der Waals surface area contributed by atoms with Crippen molar-refractivity contribution in [3.05, 3.63) is 46.2 Å². The molecule has 0 unspecified atom stereocenters. The van der Waals surface area contributed by atoms with Crippen LogP contribution in [0.1, 0.15) is 26.4 Å². The fourth-order valence-electron chi connectivity index (χ4n) is 2.94. The Labute approximate surface area is 132 Å². The zero-order chi connectivity index (χ0) is 15.3. The van der Waals surface area contributed by atoms with Gasteiger partial charge in [0.05, 0.1) is 34.1 Å². The van der Waals surface area contributed by atoms with Crippen LogP contribution in [0.3, 0.4) is 0 Å². The van der Waals surface area contributed by atoms with E-state index in [1.807, 2.05) is 43.3 Å². The number of para-hydroxylation sites is 2. The number of aromatic nitrogens is 3. The summed E-state index contributed by atoms with van der Waals surface area (Å²) >= 11 is 1.48. The largest absolute Gasteiger partial charge is 0.334 e. The normalized spacial score (nSPS) is 15.3. The number of hydrogen-bond acceptors (Lipinski definition) is 4. The molecule has 1 saturated heterocycles. The number of carbonyl (C=O) groups excluding carboxylic acids is 1. The van der Waals surface area contributed by atoms with Gasteiger partial charge in [-0.2, -0.15) is 0 Å². The van der Waals surface area contributed by atoms with Crippen molar-refractivity contribution in [3.8, 4) is 0 Å². The zero-order valence-corrected chi connectivity index (χ0v) is 13.3. The number of benzene rings is 1. The van der Waals surface area contributed by atoms with Gasteiger partial charge in [0.25, 0.3) is 5.91 Å². The van der Waals surface area contributed by atoms with Gasteiger partial charge in [0.1, 0.15) is 4.88 Å². The summed E-state index contributed by atoms with van der Waals surface area (Å²) in [5.41, 5.74) is 2.97. The van der Waals surface area contributed by atoms with Gasteiger partial charge in [-0.3, -0.25) is 4.79 Å². The molecule has 6 heteroatoms. The molecule has 0 saturated carbocycles. The van der Waals surface area contributed by atoms with Gasteiger partial charge < -0.3 is 9.47 Å². The third kappa shape index (κ3) is 2.02. The quantitative estimate of drug-likeness (QED) is 0.731. The molecule has 3 heterocycles. The summed E-state index contributed by atoms with van der Waals surface area (Å²) in [6.45, 7) is 5.30. The maximum atomic E-state index is 12.5. The Morgan fingerprint density at radius 2 is 2.05 bits per heavy atom. The fraction of sp³-hybridized carbons (Fsp3) is 0.312. The van der Waals surface area contributed by atoms with E-state index in [0.29, 0.717) is 6.04 Å². The van der Waals surface area contributed by atoms with Crippen molar-refractivity contribution >= 4 is 28.3 Å². The monoisotopic (exact) mass is 312 g/mol.